The van der Waals surface area contributed by atoms with Crippen LogP contribution in [-0.4, -0.2) is 58.7 Å². The Labute approximate surface area is 139 Å². The van der Waals surface area contributed by atoms with Gasteiger partial charge in [0.2, 0.25) is 0 Å². The summed E-state index contributed by atoms with van der Waals surface area (Å²) >= 11 is 0. The number of carboxylic acid groups (broad SMARTS) is 2. The molecule has 0 aromatic heterocycles. The van der Waals surface area contributed by atoms with Crippen molar-refractivity contribution in [2.45, 2.75) is 25.8 Å². The van der Waals surface area contributed by atoms with Gasteiger partial charge in [0.25, 0.3) is 5.91 Å². The van der Waals surface area contributed by atoms with E-state index in [9.17, 15) is 14.4 Å². The molecule has 0 aliphatic carbocycles. The summed E-state index contributed by atoms with van der Waals surface area (Å²) in [6.45, 7) is 1.89. The van der Waals surface area contributed by atoms with Gasteiger partial charge in [-0.05, 0) is 38.0 Å². The van der Waals surface area contributed by atoms with Crippen LogP contribution in [0.1, 0.15) is 30.1 Å². The van der Waals surface area contributed by atoms with Gasteiger partial charge in [-0.1, -0.05) is 6.07 Å². The molecule has 0 heterocycles. The van der Waals surface area contributed by atoms with E-state index in [0.29, 0.717) is 17.9 Å². The minimum atomic E-state index is -1.15. The zero-order valence-corrected chi connectivity index (χ0v) is 13.5. The largest absolute Gasteiger partial charge is 0.494 e. The Morgan fingerprint density at radius 1 is 1.29 bits per heavy atom. The van der Waals surface area contributed by atoms with Crippen molar-refractivity contribution in [1.82, 2.24) is 4.90 Å². The zero-order chi connectivity index (χ0) is 18.1. The standard InChI is InChI=1S/C16H22N2O6/c1-2-24-12-6-3-5-11(9-12)15(21)18(10-14(19)20)8-4-7-13(17)16(22)23/h3,5-6,9,13H,2,4,7-8,10,17H2,1H3,(H,19,20)(H,22,23)/t13-/m0/s1. The van der Waals surface area contributed by atoms with Gasteiger partial charge in [-0.3, -0.25) is 14.4 Å². The molecule has 0 saturated heterocycles. The molecule has 24 heavy (non-hydrogen) atoms. The Kier molecular flexibility index (Phi) is 7.70. The maximum atomic E-state index is 12.5. The normalized spacial score (nSPS) is 11.6. The fourth-order valence-corrected chi connectivity index (χ4v) is 2.11. The molecule has 4 N–H and O–H groups in total. The van der Waals surface area contributed by atoms with Crippen molar-refractivity contribution in [1.29, 1.82) is 0 Å². The first-order valence-electron chi connectivity index (χ1n) is 7.57. The number of hydrogen-bond acceptors (Lipinski definition) is 5. The molecule has 0 spiro atoms. The molecule has 8 nitrogen and oxygen atoms in total. The maximum Gasteiger partial charge on any atom is 0.323 e. The van der Waals surface area contributed by atoms with Crippen LogP contribution < -0.4 is 10.5 Å². The van der Waals surface area contributed by atoms with Gasteiger partial charge in [0, 0.05) is 12.1 Å². The monoisotopic (exact) mass is 338 g/mol. The predicted octanol–water partition coefficient (Wildman–Crippen LogP) is 0.804. The van der Waals surface area contributed by atoms with Crippen molar-refractivity contribution >= 4 is 17.8 Å². The summed E-state index contributed by atoms with van der Waals surface area (Å²) in [5.41, 5.74) is 5.72. The van der Waals surface area contributed by atoms with Gasteiger partial charge >= 0.3 is 11.9 Å². The van der Waals surface area contributed by atoms with E-state index < -0.39 is 30.4 Å². The summed E-state index contributed by atoms with van der Waals surface area (Å²) in [5, 5.41) is 17.7. The number of aliphatic carboxylic acids is 2. The first kappa shape index (κ1) is 19.4. The number of carbonyl (C=O) groups excluding carboxylic acids is 1. The molecular weight excluding hydrogens is 316 g/mol. The molecule has 0 unspecified atom stereocenters. The topological polar surface area (TPSA) is 130 Å². The Bertz CT molecular complexity index is 590. The number of carboxylic acids is 2. The lowest BCUT2D eigenvalue weighted by Gasteiger charge is -2.21. The molecule has 0 radical (unpaired) electrons. The average molecular weight is 338 g/mol. The molecule has 0 aliphatic heterocycles. The Morgan fingerprint density at radius 2 is 2.00 bits per heavy atom. The molecule has 132 valence electrons. The van der Waals surface area contributed by atoms with Crippen LogP contribution in [0, 0.1) is 0 Å². The van der Waals surface area contributed by atoms with Gasteiger partial charge in [0.15, 0.2) is 0 Å². The second kappa shape index (κ2) is 9.51. The fourth-order valence-electron chi connectivity index (χ4n) is 2.11. The number of carbonyl (C=O) groups is 3. The van der Waals surface area contributed by atoms with Gasteiger partial charge in [0.1, 0.15) is 18.3 Å². The maximum absolute atomic E-state index is 12.5. The van der Waals surface area contributed by atoms with Crippen LogP contribution in [-0.2, 0) is 9.59 Å². The van der Waals surface area contributed by atoms with Gasteiger partial charge in [-0.15, -0.1) is 0 Å². The van der Waals surface area contributed by atoms with E-state index in [1.807, 2.05) is 6.92 Å². The SMILES string of the molecule is CCOc1cccc(C(=O)N(CCC[C@H](N)C(=O)O)CC(=O)O)c1. The smallest absolute Gasteiger partial charge is 0.323 e. The lowest BCUT2D eigenvalue weighted by atomic mass is 10.1. The predicted molar refractivity (Wildman–Crippen MR) is 86.0 cm³/mol. The highest BCUT2D eigenvalue weighted by atomic mass is 16.5. The van der Waals surface area contributed by atoms with E-state index in [1.165, 1.54) is 0 Å². The molecule has 0 saturated carbocycles. The van der Waals surface area contributed by atoms with Crippen LogP contribution in [0.2, 0.25) is 0 Å². The van der Waals surface area contributed by atoms with Crippen molar-refractivity contribution in [3.8, 4) is 5.75 Å². The molecule has 8 heteroatoms. The molecule has 1 aromatic rings. The van der Waals surface area contributed by atoms with E-state index in [-0.39, 0.29) is 19.4 Å². The van der Waals surface area contributed by atoms with E-state index in [2.05, 4.69) is 0 Å². The minimum absolute atomic E-state index is 0.102. The first-order chi connectivity index (χ1) is 11.3. The third kappa shape index (κ3) is 6.25. The highest BCUT2D eigenvalue weighted by molar-refractivity contribution is 5.96. The molecule has 0 fully saturated rings. The summed E-state index contributed by atoms with van der Waals surface area (Å²) in [6.07, 6.45) is 0.440. The number of hydrogen-bond donors (Lipinski definition) is 3. The van der Waals surface area contributed by atoms with Crippen LogP contribution in [0.15, 0.2) is 24.3 Å². The lowest BCUT2D eigenvalue weighted by molar-refractivity contribution is -0.139. The van der Waals surface area contributed by atoms with Crippen LogP contribution >= 0.6 is 0 Å². The Balaban J connectivity index is 2.79. The molecule has 0 aliphatic rings. The molecule has 1 amide bonds. The summed E-state index contributed by atoms with van der Waals surface area (Å²) < 4.78 is 5.33. The Hall–Kier alpha value is -2.61. The van der Waals surface area contributed by atoms with Crippen molar-refractivity contribution in [3.63, 3.8) is 0 Å². The third-order valence-electron chi connectivity index (χ3n) is 3.27. The molecule has 1 aromatic carbocycles. The molecule has 1 atom stereocenters. The van der Waals surface area contributed by atoms with E-state index in [0.717, 1.165) is 4.90 Å². The fraction of sp³-hybridized carbons (Fsp3) is 0.438. The van der Waals surface area contributed by atoms with E-state index in [4.69, 9.17) is 20.7 Å². The number of amides is 1. The van der Waals surface area contributed by atoms with Crippen molar-refractivity contribution in [2.75, 3.05) is 19.7 Å². The van der Waals surface area contributed by atoms with Crippen molar-refractivity contribution in [3.05, 3.63) is 29.8 Å². The van der Waals surface area contributed by atoms with Crippen LogP contribution in [0.3, 0.4) is 0 Å². The average Bonchev–Trinajstić information content (AvgIpc) is 2.53. The number of benzene rings is 1. The van der Waals surface area contributed by atoms with Gasteiger partial charge in [-0.2, -0.15) is 0 Å². The number of nitrogens with two attached hydrogens (primary N) is 1. The van der Waals surface area contributed by atoms with Crippen molar-refractivity contribution < 1.29 is 29.3 Å². The summed E-state index contributed by atoms with van der Waals surface area (Å²) in [4.78, 5) is 35.3. The number of rotatable bonds is 10. The number of nitrogens with zero attached hydrogens (tertiary/aromatic N) is 1. The van der Waals surface area contributed by atoms with Crippen LogP contribution in [0.5, 0.6) is 5.75 Å². The van der Waals surface area contributed by atoms with E-state index >= 15 is 0 Å². The lowest BCUT2D eigenvalue weighted by Crippen LogP contribution is -2.38. The van der Waals surface area contributed by atoms with Crippen molar-refractivity contribution in [2.24, 2.45) is 5.73 Å². The van der Waals surface area contributed by atoms with Gasteiger partial charge < -0.3 is 25.6 Å². The van der Waals surface area contributed by atoms with E-state index in [1.54, 1.807) is 24.3 Å². The zero-order valence-electron chi connectivity index (χ0n) is 13.5. The minimum Gasteiger partial charge on any atom is -0.494 e. The van der Waals surface area contributed by atoms with Gasteiger partial charge in [0.05, 0.1) is 6.61 Å². The van der Waals surface area contributed by atoms with Crippen LogP contribution in [0.25, 0.3) is 0 Å². The first-order valence-corrected chi connectivity index (χ1v) is 7.57. The summed E-state index contributed by atoms with van der Waals surface area (Å²) in [7, 11) is 0. The second-order valence-electron chi connectivity index (χ2n) is 5.17. The number of ether oxygens (including phenoxy) is 1. The Morgan fingerprint density at radius 3 is 2.58 bits per heavy atom. The third-order valence-corrected chi connectivity index (χ3v) is 3.27. The highest BCUT2D eigenvalue weighted by Crippen LogP contribution is 2.15. The van der Waals surface area contributed by atoms with Gasteiger partial charge in [-0.25, -0.2) is 0 Å². The molecule has 0 bridgehead atoms. The summed E-state index contributed by atoms with van der Waals surface area (Å²) in [5.74, 6) is -2.21. The quantitative estimate of drug-likeness (QED) is 0.575. The molecular formula is C16H22N2O6. The second-order valence-corrected chi connectivity index (χ2v) is 5.17. The highest BCUT2D eigenvalue weighted by Gasteiger charge is 2.20. The molecule has 1 rings (SSSR count). The van der Waals surface area contributed by atoms with Crippen LogP contribution in [0.4, 0.5) is 0 Å². The summed E-state index contributed by atoms with van der Waals surface area (Å²) in [6, 6.07) is 5.44.